The summed E-state index contributed by atoms with van der Waals surface area (Å²) in [6.45, 7) is 1.30. The van der Waals surface area contributed by atoms with E-state index in [4.69, 9.17) is 4.74 Å². The molecule has 0 fully saturated rings. The quantitative estimate of drug-likeness (QED) is 0.415. The van der Waals surface area contributed by atoms with Crippen molar-refractivity contribution in [3.63, 3.8) is 0 Å². The second kappa shape index (κ2) is 6.02. The number of nitro groups is 1. The Morgan fingerprint density at radius 1 is 1.56 bits per heavy atom. The van der Waals surface area contributed by atoms with E-state index in [1.165, 1.54) is 18.3 Å². The van der Waals surface area contributed by atoms with Gasteiger partial charge in [0.25, 0.3) is 5.88 Å². The lowest BCUT2D eigenvalue weighted by Gasteiger charge is -2.09. The fourth-order valence-electron chi connectivity index (χ4n) is 1.18. The summed E-state index contributed by atoms with van der Waals surface area (Å²) in [6, 6.07) is 2.90. The van der Waals surface area contributed by atoms with Gasteiger partial charge in [0.15, 0.2) is 0 Å². The molecular weight excluding hydrogens is 210 g/mol. The van der Waals surface area contributed by atoms with Gasteiger partial charge in [-0.05, 0) is 26.6 Å². The Labute approximate surface area is 94.0 Å². The van der Waals surface area contributed by atoms with Crippen molar-refractivity contribution < 1.29 is 9.66 Å². The Balaban J connectivity index is 2.50. The van der Waals surface area contributed by atoms with Gasteiger partial charge in [-0.3, -0.25) is 10.1 Å². The van der Waals surface area contributed by atoms with E-state index < -0.39 is 4.92 Å². The van der Waals surface area contributed by atoms with Crippen LogP contribution in [0, 0.1) is 10.1 Å². The first-order valence-electron chi connectivity index (χ1n) is 4.98. The predicted octanol–water partition coefficient (Wildman–Crippen LogP) is 1.32. The summed E-state index contributed by atoms with van der Waals surface area (Å²) < 4.78 is 5.27. The van der Waals surface area contributed by atoms with Crippen molar-refractivity contribution in [1.29, 1.82) is 0 Å². The number of ether oxygens (including phenoxy) is 1. The van der Waals surface area contributed by atoms with E-state index in [0.29, 0.717) is 6.61 Å². The second-order valence-corrected chi connectivity index (χ2v) is 3.59. The van der Waals surface area contributed by atoms with Crippen LogP contribution in [0.1, 0.15) is 6.42 Å². The minimum absolute atomic E-state index is 0.0891. The van der Waals surface area contributed by atoms with E-state index in [0.717, 1.165) is 13.0 Å². The van der Waals surface area contributed by atoms with Crippen LogP contribution in [-0.2, 0) is 0 Å². The van der Waals surface area contributed by atoms with Gasteiger partial charge in [0, 0.05) is 18.8 Å². The number of nitrogens with zero attached hydrogens (tertiary/aromatic N) is 3. The minimum Gasteiger partial charge on any atom is -0.473 e. The highest BCUT2D eigenvalue weighted by molar-refractivity contribution is 5.39. The molecule has 0 aliphatic carbocycles. The van der Waals surface area contributed by atoms with Gasteiger partial charge in [-0.25, -0.2) is 4.98 Å². The molecule has 0 spiro atoms. The molecule has 0 bridgehead atoms. The number of hydrogen-bond donors (Lipinski definition) is 0. The molecule has 6 nitrogen and oxygen atoms in total. The fraction of sp³-hybridized carbons (Fsp3) is 0.500. The first kappa shape index (κ1) is 12.4. The zero-order chi connectivity index (χ0) is 12.0. The van der Waals surface area contributed by atoms with E-state index in [-0.39, 0.29) is 11.6 Å². The van der Waals surface area contributed by atoms with Crippen LogP contribution in [0.4, 0.5) is 5.69 Å². The first-order valence-corrected chi connectivity index (χ1v) is 4.98. The molecule has 6 heteroatoms. The fourth-order valence-corrected chi connectivity index (χ4v) is 1.18. The van der Waals surface area contributed by atoms with E-state index >= 15 is 0 Å². The summed E-state index contributed by atoms with van der Waals surface area (Å²) in [5.41, 5.74) is -0.0904. The van der Waals surface area contributed by atoms with Crippen molar-refractivity contribution in [2.75, 3.05) is 27.2 Å². The number of hydrogen-bond acceptors (Lipinski definition) is 5. The SMILES string of the molecule is CN(C)CCCOc1ncccc1[N+](=O)[O-]. The van der Waals surface area contributed by atoms with Crippen molar-refractivity contribution in [3.05, 3.63) is 28.4 Å². The summed E-state index contributed by atoms with van der Waals surface area (Å²) in [5.74, 6) is 0.0891. The molecule has 0 saturated heterocycles. The van der Waals surface area contributed by atoms with Crippen molar-refractivity contribution in [2.24, 2.45) is 0 Å². The molecule has 1 rings (SSSR count). The average molecular weight is 225 g/mol. The summed E-state index contributed by atoms with van der Waals surface area (Å²) in [5, 5.41) is 10.6. The molecule has 0 unspecified atom stereocenters. The highest BCUT2D eigenvalue weighted by Crippen LogP contribution is 2.22. The Morgan fingerprint density at radius 2 is 2.31 bits per heavy atom. The molecule has 1 heterocycles. The Bertz CT molecular complexity index is 355. The largest absolute Gasteiger partial charge is 0.473 e. The monoisotopic (exact) mass is 225 g/mol. The van der Waals surface area contributed by atoms with Gasteiger partial charge >= 0.3 is 5.69 Å². The van der Waals surface area contributed by atoms with Crippen LogP contribution in [-0.4, -0.2) is 42.1 Å². The number of rotatable bonds is 6. The minimum atomic E-state index is -0.492. The second-order valence-electron chi connectivity index (χ2n) is 3.59. The Kier molecular flexibility index (Phi) is 4.65. The van der Waals surface area contributed by atoms with Gasteiger partial charge in [0.1, 0.15) is 0 Å². The van der Waals surface area contributed by atoms with Crippen LogP contribution < -0.4 is 4.74 Å². The van der Waals surface area contributed by atoms with Gasteiger partial charge in [0.05, 0.1) is 11.5 Å². The zero-order valence-electron chi connectivity index (χ0n) is 9.42. The molecular formula is C10H15N3O3. The van der Waals surface area contributed by atoms with Crippen molar-refractivity contribution in [1.82, 2.24) is 9.88 Å². The zero-order valence-corrected chi connectivity index (χ0v) is 9.42. The van der Waals surface area contributed by atoms with Crippen LogP contribution in [0.25, 0.3) is 0 Å². The maximum atomic E-state index is 10.6. The predicted molar refractivity (Wildman–Crippen MR) is 59.6 cm³/mol. The highest BCUT2D eigenvalue weighted by atomic mass is 16.6. The highest BCUT2D eigenvalue weighted by Gasteiger charge is 2.14. The van der Waals surface area contributed by atoms with Crippen LogP contribution in [0.2, 0.25) is 0 Å². The average Bonchev–Trinajstić information content (AvgIpc) is 2.24. The normalized spacial score (nSPS) is 10.4. The molecule has 0 aliphatic rings. The van der Waals surface area contributed by atoms with Crippen LogP contribution >= 0.6 is 0 Å². The molecule has 0 aromatic carbocycles. The summed E-state index contributed by atoms with van der Waals surface area (Å²) >= 11 is 0. The maximum Gasteiger partial charge on any atom is 0.330 e. The van der Waals surface area contributed by atoms with Gasteiger partial charge in [0.2, 0.25) is 0 Å². The molecule has 0 radical (unpaired) electrons. The smallest absolute Gasteiger partial charge is 0.330 e. The number of aromatic nitrogens is 1. The molecule has 0 atom stereocenters. The molecule has 88 valence electrons. The molecule has 0 amide bonds. The van der Waals surface area contributed by atoms with E-state index in [1.54, 1.807) is 0 Å². The van der Waals surface area contributed by atoms with Crippen LogP contribution in [0.5, 0.6) is 5.88 Å². The van der Waals surface area contributed by atoms with Crippen molar-refractivity contribution in [3.8, 4) is 5.88 Å². The number of pyridine rings is 1. The van der Waals surface area contributed by atoms with Crippen molar-refractivity contribution in [2.45, 2.75) is 6.42 Å². The third-order valence-electron chi connectivity index (χ3n) is 1.94. The molecule has 1 aromatic rings. The molecule has 0 saturated carbocycles. The lowest BCUT2D eigenvalue weighted by molar-refractivity contribution is -0.386. The van der Waals surface area contributed by atoms with Crippen molar-refractivity contribution >= 4 is 5.69 Å². The van der Waals surface area contributed by atoms with Gasteiger partial charge in [-0.15, -0.1) is 0 Å². The molecule has 0 N–H and O–H groups in total. The third kappa shape index (κ3) is 3.82. The maximum absolute atomic E-state index is 10.6. The summed E-state index contributed by atoms with van der Waals surface area (Å²) in [4.78, 5) is 16.0. The van der Waals surface area contributed by atoms with Gasteiger partial charge in [-0.2, -0.15) is 0 Å². The third-order valence-corrected chi connectivity index (χ3v) is 1.94. The van der Waals surface area contributed by atoms with Gasteiger partial charge < -0.3 is 9.64 Å². The first-order chi connectivity index (χ1) is 7.61. The molecule has 16 heavy (non-hydrogen) atoms. The Hall–Kier alpha value is -1.69. The standard InChI is InChI=1S/C10H15N3O3/c1-12(2)7-4-8-16-10-9(13(14)15)5-3-6-11-10/h3,5-6H,4,7-8H2,1-2H3. The topological polar surface area (TPSA) is 68.5 Å². The van der Waals surface area contributed by atoms with E-state index in [2.05, 4.69) is 4.98 Å². The summed E-state index contributed by atoms with van der Waals surface area (Å²) in [6.07, 6.45) is 2.29. The lowest BCUT2D eigenvalue weighted by Crippen LogP contribution is -2.15. The summed E-state index contributed by atoms with van der Waals surface area (Å²) in [7, 11) is 3.92. The van der Waals surface area contributed by atoms with E-state index in [9.17, 15) is 10.1 Å². The van der Waals surface area contributed by atoms with E-state index in [1.807, 2.05) is 19.0 Å². The lowest BCUT2D eigenvalue weighted by atomic mass is 10.4. The van der Waals surface area contributed by atoms with Crippen LogP contribution in [0.15, 0.2) is 18.3 Å². The molecule has 1 aromatic heterocycles. The molecule has 0 aliphatic heterocycles. The Morgan fingerprint density at radius 3 is 2.94 bits per heavy atom. The van der Waals surface area contributed by atoms with Crippen LogP contribution in [0.3, 0.4) is 0 Å². The van der Waals surface area contributed by atoms with Gasteiger partial charge in [-0.1, -0.05) is 0 Å².